The summed E-state index contributed by atoms with van der Waals surface area (Å²) < 4.78 is 6.04. The van der Waals surface area contributed by atoms with Crippen LogP contribution in [-0.4, -0.2) is 6.61 Å². The van der Waals surface area contributed by atoms with Crippen molar-refractivity contribution in [3.05, 3.63) is 29.8 Å². The Balaban J connectivity index is 1.24. The number of benzene rings is 1. The smallest absolute Gasteiger partial charge is 0.119 e. The van der Waals surface area contributed by atoms with E-state index < -0.39 is 0 Å². The number of hydrogen-bond acceptors (Lipinski definition) is 1. The zero-order chi connectivity index (χ0) is 21.7. The SMILES string of the molecule is CCCCC[C@H]1CC[C@H](CCc2ccc(OCCC[C@H]3CC[C@H](CC)CC3)cc2)CC1. The molecule has 0 spiro atoms. The van der Waals surface area contributed by atoms with E-state index in [4.69, 9.17) is 4.74 Å². The monoisotopic (exact) mass is 426 g/mol. The number of ether oxygens (including phenoxy) is 1. The standard InChI is InChI=1S/C30H50O/c1-3-5-6-8-26-14-16-28(17-15-26)18-19-29-20-22-30(23-21-29)31-24-7-9-27-12-10-25(4-2)11-13-27/h20-23,25-28H,3-19,24H2,1-2H3/t25-,26-,27-,28-. The number of rotatable bonds is 13. The molecule has 1 aromatic rings. The van der Waals surface area contributed by atoms with Crippen LogP contribution in [0.1, 0.15) is 122 Å². The van der Waals surface area contributed by atoms with E-state index >= 15 is 0 Å². The Hall–Kier alpha value is -0.980. The number of hydrogen-bond donors (Lipinski definition) is 0. The van der Waals surface area contributed by atoms with Crippen LogP contribution in [-0.2, 0) is 6.42 Å². The maximum Gasteiger partial charge on any atom is 0.119 e. The largest absolute Gasteiger partial charge is 0.494 e. The molecule has 0 unspecified atom stereocenters. The van der Waals surface area contributed by atoms with Gasteiger partial charge in [-0.2, -0.15) is 0 Å². The van der Waals surface area contributed by atoms with Crippen molar-refractivity contribution in [1.29, 1.82) is 0 Å². The molecule has 2 saturated carbocycles. The Kier molecular flexibility index (Phi) is 11.3. The second-order valence-electron chi connectivity index (χ2n) is 10.9. The summed E-state index contributed by atoms with van der Waals surface area (Å²) in [4.78, 5) is 0. The Morgan fingerprint density at radius 2 is 1.19 bits per heavy atom. The van der Waals surface area contributed by atoms with Gasteiger partial charge < -0.3 is 4.74 Å². The average Bonchev–Trinajstić information content (AvgIpc) is 2.82. The minimum Gasteiger partial charge on any atom is -0.494 e. The first-order valence-corrected chi connectivity index (χ1v) is 14.0. The molecule has 2 aliphatic rings. The molecule has 2 fully saturated rings. The molecule has 0 bridgehead atoms. The molecular weight excluding hydrogens is 376 g/mol. The molecule has 176 valence electrons. The summed E-state index contributed by atoms with van der Waals surface area (Å²) >= 11 is 0. The topological polar surface area (TPSA) is 9.23 Å². The summed E-state index contributed by atoms with van der Waals surface area (Å²) in [5.41, 5.74) is 1.49. The maximum absolute atomic E-state index is 6.04. The lowest BCUT2D eigenvalue weighted by molar-refractivity contribution is 0.234. The van der Waals surface area contributed by atoms with Gasteiger partial charge in [0.05, 0.1) is 6.61 Å². The average molecular weight is 427 g/mol. The summed E-state index contributed by atoms with van der Waals surface area (Å²) in [6, 6.07) is 9.01. The molecule has 0 atom stereocenters. The highest BCUT2D eigenvalue weighted by molar-refractivity contribution is 5.27. The van der Waals surface area contributed by atoms with Crippen LogP contribution in [0.15, 0.2) is 24.3 Å². The van der Waals surface area contributed by atoms with E-state index in [-0.39, 0.29) is 0 Å². The quantitative estimate of drug-likeness (QED) is 0.285. The van der Waals surface area contributed by atoms with Crippen molar-refractivity contribution in [2.45, 2.75) is 123 Å². The van der Waals surface area contributed by atoms with Crippen LogP contribution < -0.4 is 4.74 Å². The van der Waals surface area contributed by atoms with Crippen molar-refractivity contribution in [3.63, 3.8) is 0 Å². The van der Waals surface area contributed by atoms with Gasteiger partial charge in [0.15, 0.2) is 0 Å². The van der Waals surface area contributed by atoms with Crippen molar-refractivity contribution in [2.24, 2.45) is 23.7 Å². The van der Waals surface area contributed by atoms with E-state index in [1.807, 2.05) is 0 Å². The summed E-state index contributed by atoms with van der Waals surface area (Å²) in [6.45, 7) is 5.55. The Morgan fingerprint density at radius 1 is 0.645 bits per heavy atom. The Labute approximate surface area is 193 Å². The fourth-order valence-corrected chi connectivity index (χ4v) is 6.11. The van der Waals surface area contributed by atoms with Crippen molar-refractivity contribution in [2.75, 3.05) is 6.61 Å². The first-order valence-electron chi connectivity index (χ1n) is 14.0. The van der Waals surface area contributed by atoms with E-state index in [0.29, 0.717) is 0 Å². The first-order chi connectivity index (χ1) is 15.3. The van der Waals surface area contributed by atoms with Crippen LogP contribution in [0.5, 0.6) is 5.75 Å². The van der Waals surface area contributed by atoms with E-state index in [1.54, 1.807) is 0 Å². The molecule has 0 heterocycles. The van der Waals surface area contributed by atoms with E-state index in [9.17, 15) is 0 Å². The molecule has 1 heteroatoms. The van der Waals surface area contributed by atoms with Crippen LogP contribution in [0.2, 0.25) is 0 Å². The van der Waals surface area contributed by atoms with Crippen LogP contribution in [0.4, 0.5) is 0 Å². The molecule has 2 aliphatic carbocycles. The van der Waals surface area contributed by atoms with E-state index in [2.05, 4.69) is 38.1 Å². The maximum atomic E-state index is 6.04. The molecular formula is C30H50O. The molecule has 31 heavy (non-hydrogen) atoms. The minimum atomic E-state index is 0.883. The molecule has 0 aromatic heterocycles. The highest BCUT2D eigenvalue weighted by Gasteiger charge is 2.21. The third-order valence-electron chi connectivity index (χ3n) is 8.52. The molecule has 0 aliphatic heterocycles. The summed E-state index contributed by atoms with van der Waals surface area (Å²) in [5, 5.41) is 0. The van der Waals surface area contributed by atoms with Gasteiger partial charge in [0.1, 0.15) is 5.75 Å². The van der Waals surface area contributed by atoms with Crippen LogP contribution in [0.25, 0.3) is 0 Å². The van der Waals surface area contributed by atoms with Crippen LogP contribution in [0.3, 0.4) is 0 Å². The Morgan fingerprint density at radius 3 is 1.77 bits per heavy atom. The van der Waals surface area contributed by atoms with Gasteiger partial charge in [-0.1, -0.05) is 109 Å². The van der Waals surface area contributed by atoms with E-state index in [1.165, 1.54) is 115 Å². The summed E-state index contributed by atoms with van der Waals surface area (Å²) in [6.07, 6.45) is 24.1. The molecule has 1 nitrogen and oxygen atoms in total. The van der Waals surface area contributed by atoms with Crippen LogP contribution in [0, 0.1) is 23.7 Å². The van der Waals surface area contributed by atoms with Gasteiger partial charge >= 0.3 is 0 Å². The van der Waals surface area contributed by atoms with Crippen molar-refractivity contribution < 1.29 is 4.74 Å². The lowest BCUT2D eigenvalue weighted by Crippen LogP contribution is -2.15. The lowest BCUT2D eigenvalue weighted by atomic mass is 9.78. The highest BCUT2D eigenvalue weighted by atomic mass is 16.5. The van der Waals surface area contributed by atoms with Gasteiger partial charge in [-0.25, -0.2) is 0 Å². The molecule has 0 amide bonds. The molecule has 3 rings (SSSR count). The minimum absolute atomic E-state index is 0.883. The second kappa shape index (κ2) is 14.2. The van der Waals surface area contributed by atoms with Gasteiger partial charge in [-0.3, -0.25) is 0 Å². The third-order valence-corrected chi connectivity index (χ3v) is 8.52. The summed E-state index contributed by atoms with van der Waals surface area (Å²) in [5.74, 6) is 5.03. The Bertz CT molecular complexity index is 561. The van der Waals surface area contributed by atoms with Gasteiger partial charge in [-0.15, -0.1) is 0 Å². The van der Waals surface area contributed by atoms with Gasteiger partial charge in [0.25, 0.3) is 0 Å². The van der Waals surface area contributed by atoms with Crippen molar-refractivity contribution >= 4 is 0 Å². The summed E-state index contributed by atoms with van der Waals surface area (Å²) in [7, 11) is 0. The highest BCUT2D eigenvalue weighted by Crippen LogP contribution is 2.35. The fraction of sp³-hybridized carbons (Fsp3) is 0.800. The molecule has 0 saturated heterocycles. The number of unbranched alkanes of at least 4 members (excludes halogenated alkanes) is 2. The number of aryl methyl sites for hydroxylation is 1. The third kappa shape index (κ3) is 9.19. The molecule has 0 N–H and O–H groups in total. The predicted molar refractivity (Wildman–Crippen MR) is 135 cm³/mol. The van der Waals surface area contributed by atoms with Crippen molar-refractivity contribution in [3.8, 4) is 5.75 Å². The first kappa shape index (κ1) is 24.7. The fourth-order valence-electron chi connectivity index (χ4n) is 6.11. The lowest BCUT2D eigenvalue weighted by Gasteiger charge is -2.28. The van der Waals surface area contributed by atoms with Gasteiger partial charge in [-0.05, 0) is 67.1 Å². The molecule has 1 aromatic carbocycles. The zero-order valence-corrected chi connectivity index (χ0v) is 20.8. The van der Waals surface area contributed by atoms with Gasteiger partial charge in [0.2, 0.25) is 0 Å². The molecule has 0 radical (unpaired) electrons. The second-order valence-corrected chi connectivity index (χ2v) is 10.9. The normalized spacial score (nSPS) is 26.6. The predicted octanol–water partition coefficient (Wildman–Crippen LogP) is 9.38. The van der Waals surface area contributed by atoms with Crippen molar-refractivity contribution in [1.82, 2.24) is 0 Å². The van der Waals surface area contributed by atoms with Crippen LogP contribution >= 0.6 is 0 Å². The van der Waals surface area contributed by atoms with E-state index in [0.717, 1.165) is 36.0 Å². The zero-order valence-electron chi connectivity index (χ0n) is 20.8. The van der Waals surface area contributed by atoms with Gasteiger partial charge in [0, 0.05) is 0 Å².